The molecule has 6 nitrogen and oxygen atoms in total. The topological polar surface area (TPSA) is 86.7 Å². The average molecular weight is 305 g/mol. The SMILES string of the molecule is CCn1nc(-c2cccs2)cc(-c2nnc(N)s2)c1=O. The molecule has 0 radical (unpaired) electrons. The van der Waals surface area contributed by atoms with Gasteiger partial charge in [0.2, 0.25) is 5.13 Å². The van der Waals surface area contributed by atoms with Crippen molar-refractivity contribution in [2.45, 2.75) is 13.5 Å². The van der Waals surface area contributed by atoms with Crippen molar-refractivity contribution in [3.63, 3.8) is 0 Å². The first-order valence-electron chi connectivity index (χ1n) is 5.94. The molecule has 0 spiro atoms. The van der Waals surface area contributed by atoms with Crippen molar-refractivity contribution < 1.29 is 0 Å². The van der Waals surface area contributed by atoms with E-state index >= 15 is 0 Å². The summed E-state index contributed by atoms with van der Waals surface area (Å²) in [6, 6.07) is 5.67. The number of hydrogen-bond acceptors (Lipinski definition) is 7. The van der Waals surface area contributed by atoms with Gasteiger partial charge in [0.25, 0.3) is 5.56 Å². The van der Waals surface area contributed by atoms with E-state index in [1.807, 2.05) is 24.4 Å². The van der Waals surface area contributed by atoms with Gasteiger partial charge >= 0.3 is 0 Å². The van der Waals surface area contributed by atoms with Gasteiger partial charge in [0.15, 0.2) is 5.01 Å². The van der Waals surface area contributed by atoms with Crippen LogP contribution in [-0.2, 0) is 6.54 Å². The minimum Gasteiger partial charge on any atom is -0.374 e. The predicted octanol–water partition coefficient (Wildman–Crippen LogP) is 2.09. The van der Waals surface area contributed by atoms with E-state index in [1.165, 1.54) is 16.0 Å². The summed E-state index contributed by atoms with van der Waals surface area (Å²) in [5, 5.41) is 14.9. The lowest BCUT2D eigenvalue weighted by Crippen LogP contribution is -2.24. The van der Waals surface area contributed by atoms with E-state index in [-0.39, 0.29) is 5.56 Å². The van der Waals surface area contributed by atoms with Gasteiger partial charge in [-0.15, -0.1) is 21.5 Å². The summed E-state index contributed by atoms with van der Waals surface area (Å²) in [6.07, 6.45) is 0. The van der Waals surface area contributed by atoms with Crippen LogP contribution in [0.3, 0.4) is 0 Å². The fraction of sp³-hybridized carbons (Fsp3) is 0.167. The molecule has 20 heavy (non-hydrogen) atoms. The van der Waals surface area contributed by atoms with Crippen LogP contribution in [0.25, 0.3) is 21.1 Å². The van der Waals surface area contributed by atoms with Crippen LogP contribution in [0, 0.1) is 0 Å². The predicted molar refractivity (Wildman–Crippen MR) is 80.8 cm³/mol. The summed E-state index contributed by atoms with van der Waals surface area (Å²) in [4.78, 5) is 13.3. The first-order valence-corrected chi connectivity index (χ1v) is 7.64. The lowest BCUT2D eigenvalue weighted by molar-refractivity contribution is 0.621. The molecule has 0 amide bonds. The quantitative estimate of drug-likeness (QED) is 0.800. The highest BCUT2D eigenvalue weighted by Crippen LogP contribution is 2.27. The fourth-order valence-electron chi connectivity index (χ4n) is 1.80. The molecule has 0 aromatic carbocycles. The summed E-state index contributed by atoms with van der Waals surface area (Å²) in [6.45, 7) is 2.38. The summed E-state index contributed by atoms with van der Waals surface area (Å²) >= 11 is 2.77. The Bertz CT molecular complexity index is 791. The summed E-state index contributed by atoms with van der Waals surface area (Å²) in [5.74, 6) is 0. The minimum atomic E-state index is -0.177. The number of thiophene rings is 1. The largest absolute Gasteiger partial charge is 0.374 e. The van der Waals surface area contributed by atoms with E-state index in [2.05, 4.69) is 15.3 Å². The van der Waals surface area contributed by atoms with Crippen molar-refractivity contribution in [3.8, 4) is 21.1 Å². The molecular formula is C12H11N5OS2. The molecule has 0 aliphatic heterocycles. The van der Waals surface area contributed by atoms with Crippen molar-refractivity contribution in [2.75, 3.05) is 5.73 Å². The number of anilines is 1. The molecular weight excluding hydrogens is 294 g/mol. The summed E-state index contributed by atoms with van der Waals surface area (Å²) in [5.41, 5.74) is 6.66. The molecule has 0 bridgehead atoms. The van der Waals surface area contributed by atoms with Crippen LogP contribution in [-0.4, -0.2) is 20.0 Å². The molecule has 8 heteroatoms. The Labute approximate surface area is 122 Å². The zero-order valence-corrected chi connectivity index (χ0v) is 12.2. The van der Waals surface area contributed by atoms with Gasteiger partial charge in [-0.05, 0) is 24.4 Å². The third-order valence-electron chi connectivity index (χ3n) is 2.72. The molecule has 0 aliphatic carbocycles. The molecule has 0 saturated carbocycles. The Hall–Kier alpha value is -2.06. The first-order chi connectivity index (χ1) is 9.69. The van der Waals surface area contributed by atoms with Crippen molar-refractivity contribution in [2.24, 2.45) is 0 Å². The van der Waals surface area contributed by atoms with Gasteiger partial charge in [-0.1, -0.05) is 17.4 Å². The van der Waals surface area contributed by atoms with Gasteiger partial charge in [0.05, 0.1) is 10.4 Å². The molecule has 102 valence electrons. The molecule has 2 N–H and O–H groups in total. The number of nitrogen functional groups attached to an aromatic ring is 1. The van der Waals surface area contributed by atoms with Crippen molar-refractivity contribution in [1.29, 1.82) is 0 Å². The Morgan fingerprint density at radius 3 is 2.85 bits per heavy atom. The molecule has 3 rings (SSSR count). The second-order valence-corrected chi connectivity index (χ2v) is 5.94. The summed E-state index contributed by atoms with van der Waals surface area (Å²) in [7, 11) is 0. The third-order valence-corrected chi connectivity index (χ3v) is 4.40. The summed E-state index contributed by atoms with van der Waals surface area (Å²) < 4.78 is 1.43. The van der Waals surface area contributed by atoms with Crippen LogP contribution in [0.4, 0.5) is 5.13 Å². The van der Waals surface area contributed by atoms with Gasteiger partial charge in [-0.3, -0.25) is 4.79 Å². The second-order valence-electron chi connectivity index (χ2n) is 3.99. The highest BCUT2D eigenvalue weighted by Gasteiger charge is 2.15. The van der Waals surface area contributed by atoms with E-state index in [4.69, 9.17) is 5.73 Å². The van der Waals surface area contributed by atoms with Crippen LogP contribution in [0.15, 0.2) is 28.4 Å². The van der Waals surface area contributed by atoms with Gasteiger partial charge in [-0.2, -0.15) is 5.10 Å². The first kappa shape index (κ1) is 12.9. The highest BCUT2D eigenvalue weighted by atomic mass is 32.1. The van der Waals surface area contributed by atoms with Crippen molar-refractivity contribution in [3.05, 3.63) is 33.9 Å². The number of rotatable bonds is 3. The van der Waals surface area contributed by atoms with E-state index < -0.39 is 0 Å². The molecule has 0 saturated heterocycles. The number of nitrogens with two attached hydrogens (primary N) is 1. The van der Waals surface area contributed by atoms with Gasteiger partial charge in [0, 0.05) is 6.54 Å². The van der Waals surface area contributed by atoms with Crippen LogP contribution in [0.1, 0.15) is 6.92 Å². The van der Waals surface area contributed by atoms with Crippen molar-refractivity contribution in [1.82, 2.24) is 20.0 Å². The number of aryl methyl sites for hydroxylation is 1. The number of hydrogen-bond donors (Lipinski definition) is 1. The fourth-order valence-corrected chi connectivity index (χ4v) is 3.10. The monoisotopic (exact) mass is 305 g/mol. The van der Waals surface area contributed by atoms with E-state index in [1.54, 1.807) is 17.4 Å². The highest BCUT2D eigenvalue weighted by molar-refractivity contribution is 7.18. The minimum absolute atomic E-state index is 0.177. The van der Waals surface area contributed by atoms with E-state index in [0.717, 1.165) is 10.6 Å². The number of nitrogens with zero attached hydrogens (tertiary/aromatic N) is 4. The normalized spacial score (nSPS) is 10.8. The maximum atomic E-state index is 12.3. The van der Waals surface area contributed by atoms with Crippen LogP contribution in [0.2, 0.25) is 0 Å². The van der Waals surface area contributed by atoms with Crippen molar-refractivity contribution >= 4 is 27.8 Å². The van der Waals surface area contributed by atoms with Crippen LogP contribution >= 0.6 is 22.7 Å². The van der Waals surface area contributed by atoms with E-state index in [0.29, 0.717) is 22.2 Å². The Morgan fingerprint density at radius 1 is 1.40 bits per heavy atom. The zero-order chi connectivity index (χ0) is 14.1. The molecule has 0 fully saturated rings. The standard InChI is InChI=1S/C12H11N5OS2/c1-2-17-11(18)7(10-14-15-12(13)20-10)6-8(16-17)9-4-3-5-19-9/h3-6H,2H2,1H3,(H2,13,15). The lowest BCUT2D eigenvalue weighted by Gasteiger charge is -2.06. The Morgan fingerprint density at radius 2 is 2.25 bits per heavy atom. The molecule has 3 aromatic rings. The number of aromatic nitrogens is 4. The molecule has 3 heterocycles. The van der Waals surface area contributed by atoms with Crippen LogP contribution in [0.5, 0.6) is 0 Å². The molecule has 0 atom stereocenters. The average Bonchev–Trinajstić information content (AvgIpc) is 3.10. The smallest absolute Gasteiger partial charge is 0.277 e. The van der Waals surface area contributed by atoms with Crippen LogP contribution < -0.4 is 11.3 Å². The Kier molecular flexibility index (Phi) is 3.33. The van der Waals surface area contributed by atoms with Gasteiger partial charge < -0.3 is 5.73 Å². The Balaban J connectivity index is 2.23. The molecule has 0 aliphatic rings. The maximum Gasteiger partial charge on any atom is 0.277 e. The maximum absolute atomic E-state index is 12.3. The zero-order valence-electron chi connectivity index (χ0n) is 10.6. The third kappa shape index (κ3) is 2.23. The molecule has 0 unspecified atom stereocenters. The lowest BCUT2D eigenvalue weighted by atomic mass is 10.2. The van der Waals surface area contributed by atoms with Gasteiger partial charge in [0.1, 0.15) is 5.69 Å². The second kappa shape index (κ2) is 5.14. The van der Waals surface area contributed by atoms with Gasteiger partial charge in [-0.25, -0.2) is 4.68 Å². The molecule has 3 aromatic heterocycles. The van der Waals surface area contributed by atoms with E-state index in [9.17, 15) is 4.79 Å².